The van der Waals surface area contributed by atoms with Crippen LogP contribution in [0.4, 0.5) is 22.7 Å². The molecule has 7 nitrogen and oxygen atoms in total. The molecule has 2 aromatic heterocycles. The first-order valence-corrected chi connectivity index (χ1v) is 13.9. The van der Waals surface area contributed by atoms with Gasteiger partial charge in [-0.15, -0.1) is 13.2 Å². The summed E-state index contributed by atoms with van der Waals surface area (Å²) in [4.78, 5) is 17.8. The van der Waals surface area contributed by atoms with Crippen molar-refractivity contribution in [2.45, 2.75) is 56.7 Å². The van der Waals surface area contributed by atoms with E-state index in [1.165, 1.54) is 35.6 Å². The minimum Gasteiger partial charge on any atom is -0.405 e. The number of anilines is 1. The average molecular weight is 574 g/mol. The van der Waals surface area contributed by atoms with Crippen LogP contribution >= 0.6 is 11.3 Å². The second-order valence-corrected chi connectivity index (χ2v) is 11.6. The number of ether oxygens (including phenoxy) is 2. The van der Waals surface area contributed by atoms with Crippen molar-refractivity contribution < 1.29 is 36.4 Å². The van der Waals surface area contributed by atoms with Gasteiger partial charge >= 0.3 is 6.36 Å². The second kappa shape index (κ2) is 9.55. The number of aldehydes is 1. The number of carbonyl (C=O) groups is 1. The molecule has 2 saturated carbocycles. The van der Waals surface area contributed by atoms with E-state index in [2.05, 4.69) is 19.8 Å². The minimum atomic E-state index is -4.84. The summed E-state index contributed by atoms with van der Waals surface area (Å²) in [6.07, 6.45) is -0.751. The predicted octanol–water partition coefficient (Wildman–Crippen LogP) is 6.86. The van der Waals surface area contributed by atoms with E-state index >= 15 is 0 Å². The van der Waals surface area contributed by atoms with Crippen LogP contribution in [0.5, 0.6) is 5.75 Å². The molecule has 0 N–H and O–H groups in total. The molecule has 7 rings (SSSR count). The highest BCUT2D eigenvalue weighted by molar-refractivity contribution is 7.22. The number of piperidine rings is 1. The van der Waals surface area contributed by atoms with Crippen LogP contribution in [0.25, 0.3) is 21.5 Å². The molecule has 3 aliphatic rings. The minimum absolute atomic E-state index is 0.0505. The Morgan fingerprint density at radius 3 is 2.73 bits per heavy atom. The average Bonchev–Trinajstić information content (AvgIpc) is 3.25. The van der Waals surface area contributed by atoms with E-state index in [0.717, 1.165) is 30.8 Å². The van der Waals surface area contributed by atoms with Crippen LogP contribution in [0.15, 0.2) is 40.9 Å². The lowest BCUT2D eigenvalue weighted by molar-refractivity contribution is -0.274. The zero-order valence-electron chi connectivity index (χ0n) is 21.0. The third-order valence-corrected chi connectivity index (χ3v) is 8.93. The summed E-state index contributed by atoms with van der Waals surface area (Å²) in [5.74, 6) is 0.222. The van der Waals surface area contributed by atoms with Gasteiger partial charge in [0.05, 0.1) is 17.4 Å². The van der Waals surface area contributed by atoms with Gasteiger partial charge in [-0.3, -0.25) is 4.79 Å². The maximum absolute atomic E-state index is 14.4. The van der Waals surface area contributed by atoms with Crippen LogP contribution < -0.4 is 9.64 Å². The van der Waals surface area contributed by atoms with E-state index < -0.39 is 12.2 Å². The number of hydrogen-bond donors (Lipinski definition) is 0. The third kappa shape index (κ3) is 4.62. The van der Waals surface area contributed by atoms with Gasteiger partial charge in [0.25, 0.3) is 0 Å². The van der Waals surface area contributed by atoms with Gasteiger partial charge in [-0.05, 0) is 49.9 Å². The van der Waals surface area contributed by atoms with Gasteiger partial charge in [0, 0.05) is 41.1 Å². The summed E-state index contributed by atoms with van der Waals surface area (Å²) >= 11 is 1.37. The van der Waals surface area contributed by atoms with Crippen LogP contribution in [-0.4, -0.2) is 41.5 Å². The van der Waals surface area contributed by atoms with Crippen molar-refractivity contribution in [1.82, 2.24) is 10.1 Å². The fraction of sp³-hybridized carbons (Fsp3) is 0.393. The number of carbonyl (C=O) groups excluding carboxylic acids is 1. The van der Waals surface area contributed by atoms with E-state index in [4.69, 9.17) is 9.26 Å². The number of alkyl halides is 3. The normalized spacial score (nSPS) is 22.4. The summed E-state index contributed by atoms with van der Waals surface area (Å²) in [6, 6.07) is 8.93. The summed E-state index contributed by atoms with van der Waals surface area (Å²) in [7, 11) is 0. The van der Waals surface area contributed by atoms with Crippen LogP contribution in [0.3, 0.4) is 0 Å². The number of aromatic nitrogens is 2. The molecule has 2 bridgehead atoms. The topological polar surface area (TPSA) is 77.7 Å². The van der Waals surface area contributed by atoms with Crippen molar-refractivity contribution >= 4 is 33.0 Å². The van der Waals surface area contributed by atoms with Crippen molar-refractivity contribution in [1.29, 1.82) is 0 Å². The fourth-order valence-corrected chi connectivity index (χ4v) is 7.05. The molecule has 40 heavy (non-hydrogen) atoms. The van der Waals surface area contributed by atoms with Crippen molar-refractivity contribution in [3.63, 3.8) is 0 Å². The maximum Gasteiger partial charge on any atom is 0.573 e. The molecule has 1 aliphatic heterocycles. The standard InChI is InChI=1S/C28H23F4N3O4S/c29-20-7-14(12-36)8-23-25(20)33-27(40-23)35-11-16-9-17(35)10-22(16)37-13-19-24(34-39-26(19)15-5-6-15)18-3-1-2-4-21(18)38-28(30,31)32/h1-4,7-8,12,15-17,22H,5-6,9-11,13H2/t16-,17?,22?/m0/s1. The van der Waals surface area contributed by atoms with Gasteiger partial charge in [0.2, 0.25) is 0 Å². The monoisotopic (exact) mass is 573 g/mol. The first-order valence-electron chi connectivity index (χ1n) is 13.0. The van der Waals surface area contributed by atoms with Crippen LogP contribution in [0, 0.1) is 11.7 Å². The van der Waals surface area contributed by atoms with Gasteiger partial charge in [0.1, 0.15) is 29.0 Å². The van der Waals surface area contributed by atoms with Crippen molar-refractivity contribution in [3.05, 3.63) is 59.1 Å². The third-order valence-electron chi connectivity index (χ3n) is 7.89. The molecule has 208 valence electrons. The Balaban J connectivity index is 1.09. The highest BCUT2D eigenvalue weighted by Gasteiger charge is 2.47. The highest BCUT2D eigenvalue weighted by atomic mass is 32.1. The van der Waals surface area contributed by atoms with E-state index in [-0.39, 0.29) is 53.0 Å². The van der Waals surface area contributed by atoms with Crippen LogP contribution in [0.2, 0.25) is 0 Å². The van der Waals surface area contributed by atoms with Gasteiger partial charge in [-0.25, -0.2) is 9.37 Å². The summed E-state index contributed by atoms with van der Waals surface area (Å²) in [5.41, 5.74) is 1.71. The Morgan fingerprint density at radius 2 is 2.00 bits per heavy atom. The largest absolute Gasteiger partial charge is 0.573 e. The second-order valence-electron chi connectivity index (χ2n) is 10.5. The molecule has 2 unspecified atom stereocenters. The number of halogens is 4. The molecule has 1 saturated heterocycles. The number of thiazole rings is 1. The van der Waals surface area contributed by atoms with E-state index in [9.17, 15) is 22.4 Å². The molecule has 3 heterocycles. The lowest BCUT2D eigenvalue weighted by Gasteiger charge is -2.31. The van der Waals surface area contributed by atoms with Gasteiger partial charge in [0.15, 0.2) is 10.9 Å². The van der Waals surface area contributed by atoms with Crippen molar-refractivity contribution in [2.24, 2.45) is 5.92 Å². The van der Waals surface area contributed by atoms with E-state index in [1.807, 2.05) is 0 Å². The molecular formula is C28H23F4N3O4S. The molecule has 3 atom stereocenters. The fourth-order valence-electron chi connectivity index (χ4n) is 5.94. The van der Waals surface area contributed by atoms with Crippen LogP contribution in [0.1, 0.15) is 53.3 Å². The van der Waals surface area contributed by atoms with Crippen molar-refractivity contribution in [2.75, 3.05) is 11.4 Å². The summed E-state index contributed by atoms with van der Waals surface area (Å²) < 4.78 is 70.5. The van der Waals surface area contributed by atoms with Gasteiger partial charge in [-0.2, -0.15) is 0 Å². The molecule has 0 amide bonds. The SMILES string of the molecule is O=Cc1cc(F)c2nc(N3C[C@@H]4CC3CC4OCc3c(-c4ccccc4OC(F)(F)F)noc3C3CC3)sc2c1. The van der Waals surface area contributed by atoms with Crippen molar-refractivity contribution in [3.8, 4) is 17.0 Å². The summed E-state index contributed by atoms with van der Waals surface area (Å²) in [5, 5.41) is 4.88. The Hall–Kier alpha value is -3.51. The smallest absolute Gasteiger partial charge is 0.405 e. The Labute approximate surface area is 229 Å². The molecule has 0 radical (unpaired) electrons. The first-order chi connectivity index (χ1) is 19.3. The number of para-hydroxylation sites is 1. The first kappa shape index (κ1) is 25.5. The molecule has 12 heteroatoms. The zero-order chi connectivity index (χ0) is 27.6. The van der Waals surface area contributed by atoms with Gasteiger partial charge in [-0.1, -0.05) is 28.6 Å². The molecule has 0 spiro atoms. The quantitative estimate of drug-likeness (QED) is 0.168. The molecular weight excluding hydrogens is 550 g/mol. The van der Waals surface area contributed by atoms with E-state index in [1.54, 1.807) is 12.1 Å². The zero-order valence-corrected chi connectivity index (χ0v) is 21.8. The van der Waals surface area contributed by atoms with Crippen LogP contribution in [-0.2, 0) is 11.3 Å². The summed E-state index contributed by atoms with van der Waals surface area (Å²) in [6.45, 7) is 0.866. The number of fused-ring (bicyclic) bond motifs is 3. The number of rotatable bonds is 8. The molecule has 4 aromatic rings. The lowest BCUT2D eigenvalue weighted by atomic mass is 10.0. The van der Waals surface area contributed by atoms with Gasteiger partial charge < -0.3 is 18.9 Å². The molecule has 3 fully saturated rings. The predicted molar refractivity (Wildman–Crippen MR) is 138 cm³/mol. The number of benzene rings is 2. The molecule has 2 aromatic carbocycles. The Bertz CT molecular complexity index is 1600. The Kier molecular flexibility index (Phi) is 6.08. The lowest BCUT2D eigenvalue weighted by Crippen LogP contribution is -2.38. The number of hydrogen-bond acceptors (Lipinski definition) is 8. The molecule has 2 aliphatic carbocycles. The maximum atomic E-state index is 14.4. The number of nitrogens with zero attached hydrogens (tertiary/aromatic N) is 3. The van der Waals surface area contributed by atoms with E-state index in [0.29, 0.717) is 34.5 Å². The Morgan fingerprint density at radius 1 is 1.18 bits per heavy atom. The highest BCUT2D eigenvalue weighted by Crippen LogP contribution is 2.48.